The first-order valence-corrected chi connectivity index (χ1v) is 5.31. The molecule has 0 amide bonds. The highest BCUT2D eigenvalue weighted by Crippen LogP contribution is 2.04. The Morgan fingerprint density at radius 2 is 2.07 bits per heavy atom. The summed E-state index contributed by atoms with van der Waals surface area (Å²) in [6.45, 7) is 7.59. The molecule has 0 fully saturated rings. The van der Waals surface area contributed by atoms with Crippen LogP contribution >= 0.6 is 0 Å². The third-order valence-corrected chi connectivity index (χ3v) is 2.18. The number of aromatic nitrogens is 1. The zero-order valence-corrected chi connectivity index (χ0v) is 9.33. The predicted molar refractivity (Wildman–Crippen MR) is 60.0 cm³/mol. The first-order valence-electron chi connectivity index (χ1n) is 5.31. The van der Waals surface area contributed by atoms with E-state index >= 15 is 0 Å². The number of hydrogen-bond acceptors (Lipinski definition) is 2. The summed E-state index contributed by atoms with van der Waals surface area (Å²) < 4.78 is 0. The van der Waals surface area contributed by atoms with Crippen LogP contribution in [0, 0.1) is 5.92 Å². The lowest BCUT2D eigenvalue weighted by molar-refractivity contribution is 0.439. The fourth-order valence-corrected chi connectivity index (χ4v) is 1.57. The molecule has 1 unspecified atom stereocenters. The molecule has 78 valence electrons. The van der Waals surface area contributed by atoms with Crippen molar-refractivity contribution in [2.24, 2.45) is 5.92 Å². The SMILES string of the molecule is CC(C)CC(C)NCc1ccccn1. The van der Waals surface area contributed by atoms with E-state index in [0.29, 0.717) is 6.04 Å². The van der Waals surface area contributed by atoms with E-state index in [9.17, 15) is 0 Å². The summed E-state index contributed by atoms with van der Waals surface area (Å²) in [5, 5.41) is 3.47. The molecule has 2 heteroatoms. The molecular formula is C12H20N2. The Bertz CT molecular complexity index is 244. The van der Waals surface area contributed by atoms with Crippen LogP contribution in [0.4, 0.5) is 0 Å². The second-order valence-corrected chi connectivity index (χ2v) is 4.23. The molecule has 0 aromatic carbocycles. The van der Waals surface area contributed by atoms with Gasteiger partial charge in [0.25, 0.3) is 0 Å². The van der Waals surface area contributed by atoms with Crippen LogP contribution in [0.3, 0.4) is 0 Å². The molecule has 1 N–H and O–H groups in total. The molecule has 0 bridgehead atoms. The lowest BCUT2D eigenvalue weighted by Crippen LogP contribution is -2.27. The van der Waals surface area contributed by atoms with Crippen molar-refractivity contribution in [2.75, 3.05) is 0 Å². The van der Waals surface area contributed by atoms with Crippen LogP contribution in [0.25, 0.3) is 0 Å². The van der Waals surface area contributed by atoms with Gasteiger partial charge in [0.2, 0.25) is 0 Å². The Balaban J connectivity index is 2.27. The zero-order valence-electron chi connectivity index (χ0n) is 9.33. The smallest absolute Gasteiger partial charge is 0.0541 e. The molecule has 0 aliphatic heterocycles. The van der Waals surface area contributed by atoms with E-state index in [0.717, 1.165) is 18.2 Å². The molecule has 1 aromatic heterocycles. The number of hydrogen-bond donors (Lipinski definition) is 1. The van der Waals surface area contributed by atoms with Crippen molar-refractivity contribution in [1.29, 1.82) is 0 Å². The fraction of sp³-hybridized carbons (Fsp3) is 0.583. The Morgan fingerprint density at radius 3 is 2.64 bits per heavy atom. The average molecular weight is 192 g/mol. The first-order chi connectivity index (χ1) is 6.68. The van der Waals surface area contributed by atoms with E-state index in [1.54, 1.807) is 0 Å². The van der Waals surface area contributed by atoms with E-state index in [1.807, 2.05) is 18.3 Å². The van der Waals surface area contributed by atoms with E-state index in [4.69, 9.17) is 0 Å². The number of pyridine rings is 1. The quantitative estimate of drug-likeness (QED) is 0.775. The van der Waals surface area contributed by atoms with Crippen molar-refractivity contribution >= 4 is 0 Å². The van der Waals surface area contributed by atoms with Gasteiger partial charge in [-0.15, -0.1) is 0 Å². The summed E-state index contributed by atoms with van der Waals surface area (Å²) in [5.74, 6) is 0.751. The molecule has 0 aliphatic rings. The van der Waals surface area contributed by atoms with Gasteiger partial charge in [-0.3, -0.25) is 4.98 Å². The van der Waals surface area contributed by atoms with Gasteiger partial charge in [-0.2, -0.15) is 0 Å². The Kier molecular flexibility index (Phi) is 4.60. The Hall–Kier alpha value is -0.890. The maximum absolute atomic E-state index is 4.27. The van der Waals surface area contributed by atoms with Gasteiger partial charge < -0.3 is 5.32 Å². The molecule has 14 heavy (non-hydrogen) atoms. The van der Waals surface area contributed by atoms with Gasteiger partial charge in [0.15, 0.2) is 0 Å². The van der Waals surface area contributed by atoms with E-state index in [2.05, 4.69) is 37.1 Å². The van der Waals surface area contributed by atoms with Gasteiger partial charge in [0, 0.05) is 18.8 Å². The second-order valence-electron chi connectivity index (χ2n) is 4.23. The van der Waals surface area contributed by atoms with Gasteiger partial charge in [0.1, 0.15) is 0 Å². The van der Waals surface area contributed by atoms with Crippen LogP contribution in [0.1, 0.15) is 32.9 Å². The zero-order chi connectivity index (χ0) is 10.4. The molecule has 1 atom stereocenters. The molecular weight excluding hydrogens is 172 g/mol. The van der Waals surface area contributed by atoms with Crippen molar-refractivity contribution in [3.63, 3.8) is 0 Å². The van der Waals surface area contributed by atoms with Crippen molar-refractivity contribution < 1.29 is 0 Å². The van der Waals surface area contributed by atoms with Crippen LogP contribution in [-0.4, -0.2) is 11.0 Å². The third-order valence-electron chi connectivity index (χ3n) is 2.18. The second kappa shape index (κ2) is 5.76. The lowest BCUT2D eigenvalue weighted by Gasteiger charge is -2.15. The summed E-state index contributed by atoms with van der Waals surface area (Å²) in [7, 11) is 0. The molecule has 0 spiro atoms. The first kappa shape index (κ1) is 11.2. The molecule has 0 radical (unpaired) electrons. The summed E-state index contributed by atoms with van der Waals surface area (Å²) in [5.41, 5.74) is 1.11. The molecule has 1 aromatic rings. The van der Waals surface area contributed by atoms with Crippen LogP contribution < -0.4 is 5.32 Å². The maximum atomic E-state index is 4.27. The van der Waals surface area contributed by atoms with Gasteiger partial charge in [-0.05, 0) is 31.4 Å². The van der Waals surface area contributed by atoms with E-state index in [-0.39, 0.29) is 0 Å². The highest BCUT2D eigenvalue weighted by atomic mass is 14.9. The third kappa shape index (κ3) is 4.38. The summed E-state index contributed by atoms with van der Waals surface area (Å²) in [6, 6.07) is 6.59. The largest absolute Gasteiger partial charge is 0.309 e. The summed E-state index contributed by atoms with van der Waals surface area (Å²) in [4.78, 5) is 4.27. The topological polar surface area (TPSA) is 24.9 Å². The minimum atomic E-state index is 0.567. The monoisotopic (exact) mass is 192 g/mol. The molecule has 1 rings (SSSR count). The van der Waals surface area contributed by atoms with Gasteiger partial charge >= 0.3 is 0 Å². The van der Waals surface area contributed by atoms with Crippen LogP contribution in [0.2, 0.25) is 0 Å². The van der Waals surface area contributed by atoms with Gasteiger partial charge in [-0.25, -0.2) is 0 Å². The minimum Gasteiger partial charge on any atom is -0.309 e. The number of nitrogens with zero attached hydrogens (tertiary/aromatic N) is 1. The number of rotatable bonds is 5. The highest BCUT2D eigenvalue weighted by Gasteiger charge is 2.03. The van der Waals surface area contributed by atoms with Crippen molar-refractivity contribution in [3.05, 3.63) is 30.1 Å². The standard InChI is InChI=1S/C12H20N2/c1-10(2)8-11(3)14-9-12-6-4-5-7-13-12/h4-7,10-11,14H,8-9H2,1-3H3. The predicted octanol–water partition coefficient (Wildman–Crippen LogP) is 2.61. The highest BCUT2D eigenvalue weighted by molar-refractivity contribution is 5.02. The molecule has 0 saturated carbocycles. The van der Waals surface area contributed by atoms with Crippen molar-refractivity contribution in [2.45, 2.75) is 39.8 Å². The minimum absolute atomic E-state index is 0.567. The van der Waals surface area contributed by atoms with Crippen LogP contribution in [0.15, 0.2) is 24.4 Å². The van der Waals surface area contributed by atoms with Gasteiger partial charge in [0.05, 0.1) is 5.69 Å². The maximum Gasteiger partial charge on any atom is 0.0541 e. The fourth-order valence-electron chi connectivity index (χ4n) is 1.57. The normalized spacial score (nSPS) is 13.1. The van der Waals surface area contributed by atoms with Crippen LogP contribution in [0.5, 0.6) is 0 Å². The Labute approximate surface area is 86.8 Å². The van der Waals surface area contributed by atoms with Gasteiger partial charge in [-0.1, -0.05) is 19.9 Å². The summed E-state index contributed by atoms with van der Waals surface area (Å²) >= 11 is 0. The lowest BCUT2D eigenvalue weighted by atomic mass is 10.1. The Morgan fingerprint density at radius 1 is 1.29 bits per heavy atom. The van der Waals surface area contributed by atoms with Crippen molar-refractivity contribution in [1.82, 2.24) is 10.3 Å². The van der Waals surface area contributed by atoms with E-state index < -0.39 is 0 Å². The van der Waals surface area contributed by atoms with Crippen LogP contribution in [-0.2, 0) is 6.54 Å². The van der Waals surface area contributed by atoms with Crippen molar-refractivity contribution in [3.8, 4) is 0 Å². The molecule has 0 saturated heterocycles. The summed E-state index contributed by atoms with van der Waals surface area (Å²) in [6.07, 6.45) is 3.05. The molecule has 0 aliphatic carbocycles. The number of nitrogens with one attached hydrogen (secondary N) is 1. The molecule has 2 nitrogen and oxygen atoms in total. The molecule has 1 heterocycles. The average Bonchev–Trinajstić information content (AvgIpc) is 2.15. The van der Waals surface area contributed by atoms with E-state index in [1.165, 1.54) is 6.42 Å².